The number of hydrogen-bond acceptors (Lipinski definition) is 5. The second kappa shape index (κ2) is 8.53. The molecule has 23 heavy (non-hydrogen) atoms. The Morgan fingerprint density at radius 1 is 1.35 bits per heavy atom. The number of amides is 1. The van der Waals surface area contributed by atoms with E-state index in [4.69, 9.17) is 16.9 Å². The summed E-state index contributed by atoms with van der Waals surface area (Å²) in [4.78, 5) is 14.2. The highest BCUT2D eigenvalue weighted by Crippen LogP contribution is 2.21. The first kappa shape index (κ1) is 17.3. The molecule has 0 aliphatic carbocycles. The third-order valence-corrected chi connectivity index (χ3v) is 4.34. The molecule has 0 aliphatic rings. The van der Waals surface area contributed by atoms with Crippen LogP contribution in [0.15, 0.2) is 42.5 Å². The molecule has 0 saturated heterocycles. The average Bonchev–Trinajstić information content (AvgIpc) is 2.99. The summed E-state index contributed by atoms with van der Waals surface area (Å²) in [5.41, 5.74) is 0.851. The van der Waals surface area contributed by atoms with Gasteiger partial charge in [-0.1, -0.05) is 29.8 Å². The normalized spacial score (nSPS) is 11.5. The van der Waals surface area contributed by atoms with Crippen molar-refractivity contribution in [2.24, 2.45) is 0 Å². The van der Waals surface area contributed by atoms with E-state index in [1.807, 2.05) is 30.3 Å². The largest absolute Gasteiger partial charge is 0.389 e. The van der Waals surface area contributed by atoms with Crippen LogP contribution in [0.2, 0.25) is 4.34 Å². The van der Waals surface area contributed by atoms with E-state index in [0.29, 0.717) is 9.21 Å². The minimum Gasteiger partial charge on any atom is -0.389 e. The van der Waals surface area contributed by atoms with Crippen molar-refractivity contribution in [3.8, 4) is 6.07 Å². The molecule has 7 heteroatoms. The number of aliphatic hydroxyl groups excluding tert-OH is 1. The van der Waals surface area contributed by atoms with Gasteiger partial charge in [0.25, 0.3) is 5.91 Å². The molecule has 2 N–H and O–H groups in total. The van der Waals surface area contributed by atoms with Crippen molar-refractivity contribution in [2.75, 3.05) is 24.5 Å². The highest BCUT2D eigenvalue weighted by Gasteiger charge is 2.14. The Morgan fingerprint density at radius 3 is 2.70 bits per heavy atom. The molecule has 0 fully saturated rings. The fourth-order valence-electron chi connectivity index (χ4n) is 2.04. The van der Waals surface area contributed by atoms with Crippen LogP contribution in [0.25, 0.3) is 0 Å². The highest BCUT2D eigenvalue weighted by molar-refractivity contribution is 7.17. The summed E-state index contributed by atoms with van der Waals surface area (Å²) in [6.45, 7) is 0.516. The number of thiophene rings is 1. The molecule has 1 unspecified atom stereocenters. The molecule has 1 aromatic heterocycles. The molecule has 1 aromatic carbocycles. The summed E-state index contributed by atoms with van der Waals surface area (Å²) in [7, 11) is 0. The van der Waals surface area contributed by atoms with Gasteiger partial charge in [-0.15, -0.1) is 11.3 Å². The molecule has 1 heterocycles. The number of rotatable bonds is 7. The molecule has 2 rings (SSSR count). The fraction of sp³-hybridized carbons (Fsp3) is 0.250. The molecule has 0 radical (unpaired) electrons. The monoisotopic (exact) mass is 349 g/mol. The lowest BCUT2D eigenvalue weighted by molar-refractivity contribution is 0.0923. The van der Waals surface area contributed by atoms with Crippen LogP contribution in [0.3, 0.4) is 0 Å². The number of para-hydroxylation sites is 1. The second-order valence-corrected chi connectivity index (χ2v) is 6.56. The lowest BCUT2D eigenvalue weighted by atomic mass is 10.2. The molecule has 0 saturated carbocycles. The number of hydrogen-bond donors (Lipinski definition) is 2. The number of carbonyl (C=O) groups excluding carboxylic acids is 1. The maximum Gasteiger partial charge on any atom is 0.261 e. The second-order valence-electron chi connectivity index (χ2n) is 4.84. The van der Waals surface area contributed by atoms with Gasteiger partial charge >= 0.3 is 0 Å². The minimum atomic E-state index is -0.789. The Hall–Kier alpha value is -2.07. The van der Waals surface area contributed by atoms with E-state index < -0.39 is 6.10 Å². The zero-order valence-corrected chi connectivity index (χ0v) is 13.8. The van der Waals surface area contributed by atoms with Crippen LogP contribution in [0, 0.1) is 11.3 Å². The van der Waals surface area contributed by atoms with E-state index in [0.717, 1.165) is 5.69 Å². The molecular formula is C16H16ClN3O2S. The molecular weight excluding hydrogens is 334 g/mol. The van der Waals surface area contributed by atoms with Gasteiger partial charge in [0.2, 0.25) is 0 Å². The lowest BCUT2D eigenvalue weighted by Crippen LogP contribution is -2.40. The molecule has 0 bridgehead atoms. The summed E-state index contributed by atoms with van der Waals surface area (Å²) in [5.74, 6) is -0.271. The Kier molecular flexibility index (Phi) is 6.41. The first-order valence-corrected chi connectivity index (χ1v) is 8.18. The predicted molar refractivity (Wildman–Crippen MR) is 91.9 cm³/mol. The quantitative estimate of drug-likeness (QED) is 0.753. The van der Waals surface area contributed by atoms with Crippen molar-refractivity contribution in [3.05, 3.63) is 51.7 Å². The summed E-state index contributed by atoms with van der Waals surface area (Å²) >= 11 is 6.98. The van der Waals surface area contributed by atoms with Crippen molar-refractivity contribution in [1.82, 2.24) is 5.32 Å². The van der Waals surface area contributed by atoms with Gasteiger partial charge < -0.3 is 15.3 Å². The first-order valence-electron chi connectivity index (χ1n) is 6.98. The molecule has 0 spiro atoms. The summed E-state index contributed by atoms with van der Waals surface area (Å²) < 4.78 is 0.542. The summed E-state index contributed by atoms with van der Waals surface area (Å²) in [5, 5.41) is 21.7. The van der Waals surface area contributed by atoms with Crippen molar-refractivity contribution in [3.63, 3.8) is 0 Å². The van der Waals surface area contributed by atoms with Crippen LogP contribution in [-0.2, 0) is 0 Å². The number of nitrogens with one attached hydrogen (secondary N) is 1. The third kappa shape index (κ3) is 5.25. The topological polar surface area (TPSA) is 76.4 Å². The van der Waals surface area contributed by atoms with Crippen LogP contribution < -0.4 is 10.2 Å². The van der Waals surface area contributed by atoms with Crippen molar-refractivity contribution < 1.29 is 9.90 Å². The van der Waals surface area contributed by atoms with E-state index >= 15 is 0 Å². The number of carbonyl (C=O) groups is 1. The first-order chi connectivity index (χ1) is 11.1. The van der Waals surface area contributed by atoms with Gasteiger partial charge in [-0.25, -0.2) is 0 Å². The van der Waals surface area contributed by atoms with Crippen LogP contribution in [-0.4, -0.2) is 36.8 Å². The molecule has 0 aliphatic heterocycles. The zero-order chi connectivity index (χ0) is 16.7. The van der Waals surface area contributed by atoms with Gasteiger partial charge in [-0.3, -0.25) is 4.79 Å². The van der Waals surface area contributed by atoms with Gasteiger partial charge in [-0.05, 0) is 24.3 Å². The lowest BCUT2D eigenvalue weighted by Gasteiger charge is -2.24. The Morgan fingerprint density at radius 2 is 2.09 bits per heavy atom. The molecule has 120 valence electrons. The highest BCUT2D eigenvalue weighted by atomic mass is 35.5. The molecule has 5 nitrogen and oxygen atoms in total. The van der Waals surface area contributed by atoms with Crippen molar-refractivity contribution >= 4 is 34.5 Å². The van der Waals surface area contributed by atoms with Crippen LogP contribution in [0.1, 0.15) is 9.67 Å². The standard InChI is InChI=1S/C16H16ClN3O2S/c17-15-7-6-14(23-15)16(22)19-10-13(21)11-20(9-8-18)12-4-2-1-3-5-12/h1-7,13,21H,9-11H2,(H,19,22). The summed E-state index contributed by atoms with van der Waals surface area (Å²) in [6, 6.07) is 14.7. The smallest absolute Gasteiger partial charge is 0.261 e. The van der Waals surface area contributed by atoms with Crippen LogP contribution >= 0.6 is 22.9 Å². The Balaban J connectivity index is 1.88. The van der Waals surface area contributed by atoms with Gasteiger partial charge in [0.05, 0.1) is 21.4 Å². The van der Waals surface area contributed by atoms with Crippen molar-refractivity contribution in [2.45, 2.75) is 6.10 Å². The third-order valence-electron chi connectivity index (χ3n) is 3.11. The Labute approximate surface area is 143 Å². The number of anilines is 1. The van der Waals surface area contributed by atoms with E-state index in [9.17, 15) is 9.90 Å². The van der Waals surface area contributed by atoms with E-state index in [-0.39, 0.29) is 25.5 Å². The van der Waals surface area contributed by atoms with Gasteiger partial charge in [-0.2, -0.15) is 5.26 Å². The number of nitrogens with zero attached hydrogens (tertiary/aromatic N) is 2. The van der Waals surface area contributed by atoms with Crippen molar-refractivity contribution in [1.29, 1.82) is 5.26 Å². The van der Waals surface area contributed by atoms with Crippen LogP contribution in [0.4, 0.5) is 5.69 Å². The van der Waals surface area contributed by atoms with Gasteiger partial charge in [0, 0.05) is 18.8 Å². The number of nitriles is 1. The molecule has 1 amide bonds. The minimum absolute atomic E-state index is 0.100. The van der Waals surface area contributed by atoms with Gasteiger partial charge in [0.15, 0.2) is 0 Å². The zero-order valence-electron chi connectivity index (χ0n) is 12.3. The average molecular weight is 350 g/mol. The Bertz CT molecular complexity index is 684. The van der Waals surface area contributed by atoms with Gasteiger partial charge in [0.1, 0.15) is 6.54 Å². The van der Waals surface area contributed by atoms with E-state index in [1.54, 1.807) is 17.0 Å². The maximum absolute atomic E-state index is 11.9. The number of benzene rings is 1. The number of halogens is 1. The predicted octanol–water partition coefficient (Wildman–Crippen LogP) is 2.52. The number of aliphatic hydroxyl groups is 1. The maximum atomic E-state index is 11.9. The van der Waals surface area contributed by atoms with E-state index in [1.165, 1.54) is 11.3 Å². The fourth-order valence-corrected chi connectivity index (χ4v) is 3.00. The van der Waals surface area contributed by atoms with Crippen LogP contribution in [0.5, 0.6) is 0 Å². The SMILES string of the molecule is N#CCN(CC(O)CNC(=O)c1ccc(Cl)s1)c1ccccc1. The van der Waals surface area contributed by atoms with E-state index in [2.05, 4.69) is 11.4 Å². The summed E-state index contributed by atoms with van der Waals surface area (Å²) in [6.07, 6.45) is -0.789. The molecule has 1 atom stereocenters. The molecule has 2 aromatic rings.